The predicted molar refractivity (Wildman–Crippen MR) is 171 cm³/mol. The molecule has 46 heavy (non-hydrogen) atoms. The zero-order valence-electron chi connectivity index (χ0n) is 26.3. The second kappa shape index (κ2) is 13.9. The van der Waals surface area contributed by atoms with Crippen molar-refractivity contribution < 1.29 is 38.4 Å². The SMILES string of the molecule is CCCCN(C(=O)CN1C[C@H](c2cc(OC)c3c(c2)OCO3)C(C(=O)O)[C@@H]1CCc1cccc2c1OCO2)c1cccc(CN)c1. The van der Waals surface area contributed by atoms with Gasteiger partial charge >= 0.3 is 5.97 Å². The van der Waals surface area contributed by atoms with Crippen LogP contribution < -0.4 is 34.3 Å². The number of unbranched alkanes of at least 4 members (excludes halogenated alkanes) is 1. The summed E-state index contributed by atoms with van der Waals surface area (Å²) in [6.07, 6.45) is 2.82. The van der Waals surface area contributed by atoms with Gasteiger partial charge in [-0.15, -0.1) is 0 Å². The number of hydrogen-bond acceptors (Lipinski definition) is 9. The molecule has 0 bridgehead atoms. The van der Waals surface area contributed by atoms with Crippen molar-refractivity contribution in [2.45, 2.75) is 51.1 Å². The number of likely N-dealkylation sites (tertiary alicyclic amines) is 1. The Hall–Kier alpha value is -4.48. The van der Waals surface area contributed by atoms with Gasteiger partial charge in [-0.1, -0.05) is 37.6 Å². The van der Waals surface area contributed by atoms with E-state index in [1.807, 2.05) is 64.4 Å². The lowest BCUT2D eigenvalue weighted by molar-refractivity contribution is -0.143. The van der Waals surface area contributed by atoms with Gasteiger partial charge in [-0.2, -0.15) is 0 Å². The first-order valence-electron chi connectivity index (χ1n) is 15.8. The summed E-state index contributed by atoms with van der Waals surface area (Å²) in [6.45, 7) is 3.67. The van der Waals surface area contributed by atoms with E-state index in [0.29, 0.717) is 61.2 Å². The molecule has 11 heteroatoms. The number of hydrogen-bond donors (Lipinski definition) is 2. The highest BCUT2D eigenvalue weighted by molar-refractivity contribution is 5.95. The molecule has 0 radical (unpaired) electrons. The molecule has 3 atom stereocenters. The molecule has 3 aliphatic heterocycles. The highest BCUT2D eigenvalue weighted by atomic mass is 16.7. The van der Waals surface area contributed by atoms with E-state index in [1.165, 1.54) is 0 Å². The molecule has 3 N–H and O–H groups in total. The number of anilines is 1. The summed E-state index contributed by atoms with van der Waals surface area (Å²) in [6, 6.07) is 16.7. The largest absolute Gasteiger partial charge is 0.493 e. The fourth-order valence-electron chi connectivity index (χ4n) is 6.87. The number of fused-ring (bicyclic) bond motifs is 2. The van der Waals surface area contributed by atoms with Crippen molar-refractivity contribution in [2.75, 3.05) is 45.2 Å². The maximum atomic E-state index is 14.2. The van der Waals surface area contributed by atoms with Crippen LogP contribution in [-0.2, 0) is 22.6 Å². The van der Waals surface area contributed by atoms with E-state index in [-0.39, 0.29) is 26.0 Å². The highest BCUT2D eigenvalue weighted by Gasteiger charge is 2.47. The van der Waals surface area contributed by atoms with Crippen LogP contribution >= 0.6 is 0 Å². The summed E-state index contributed by atoms with van der Waals surface area (Å²) in [5.74, 6) is 0.665. The van der Waals surface area contributed by atoms with Crippen molar-refractivity contribution in [1.82, 2.24) is 4.90 Å². The minimum atomic E-state index is -0.919. The number of methoxy groups -OCH3 is 1. The summed E-state index contributed by atoms with van der Waals surface area (Å²) in [4.78, 5) is 31.1. The summed E-state index contributed by atoms with van der Waals surface area (Å²) < 4.78 is 28.2. The Morgan fingerprint density at radius 3 is 2.57 bits per heavy atom. The van der Waals surface area contributed by atoms with Gasteiger partial charge in [0, 0.05) is 37.3 Å². The number of aliphatic carboxylic acids is 1. The third-order valence-corrected chi connectivity index (χ3v) is 9.16. The zero-order valence-corrected chi connectivity index (χ0v) is 26.3. The molecule has 244 valence electrons. The average Bonchev–Trinajstić information content (AvgIpc) is 3.82. The number of carboxylic acids is 1. The van der Waals surface area contributed by atoms with E-state index < -0.39 is 23.8 Å². The molecule has 1 amide bonds. The summed E-state index contributed by atoms with van der Waals surface area (Å²) >= 11 is 0. The third-order valence-electron chi connectivity index (χ3n) is 9.16. The second-order valence-electron chi connectivity index (χ2n) is 11.9. The monoisotopic (exact) mass is 631 g/mol. The Morgan fingerprint density at radius 2 is 1.80 bits per heavy atom. The van der Waals surface area contributed by atoms with Gasteiger partial charge in [0.05, 0.1) is 19.6 Å². The topological polar surface area (TPSA) is 133 Å². The van der Waals surface area contributed by atoms with Crippen molar-refractivity contribution in [3.63, 3.8) is 0 Å². The second-order valence-corrected chi connectivity index (χ2v) is 11.9. The lowest BCUT2D eigenvalue weighted by Crippen LogP contribution is -2.44. The number of aryl methyl sites for hydroxylation is 1. The predicted octanol–water partition coefficient (Wildman–Crippen LogP) is 4.55. The molecular weight excluding hydrogens is 590 g/mol. The first-order valence-corrected chi connectivity index (χ1v) is 15.8. The average molecular weight is 632 g/mol. The molecule has 1 fully saturated rings. The molecule has 1 saturated heterocycles. The van der Waals surface area contributed by atoms with E-state index in [0.717, 1.165) is 35.2 Å². The van der Waals surface area contributed by atoms with E-state index in [4.69, 9.17) is 29.4 Å². The molecule has 0 aliphatic carbocycles. The molecule has 3 aliphatic rings. The van der Waals surface area contributed by atoms with E-state index in [9.17, 15) is 14.7 Å². The standard InChI is InChI=1S/C35H41N3O8/c1-3-4-13-38(25-9-5-7-22(14-25)17-36)31(39)19-37-18-26(24-15-29(42-2)34-30(16-24)44-21-46-34)32(35(40)41)27(37)12-11-23-8-6-10-28-33(23)45-20-43-28/h5-10,14-16,26-27,32H,3-4,11-13,17-21,36H2,1-2H3,(H,40,41)/t26-,27+,32?/m1/s1. The van der Waals surface area contributed by atoms with Crippen LogP contribution in [0.3, 0.4) is 0 Å². The minimum Gasteiger partial charge on any atom is -0.493 e. The van der Waals surface area contributed by atoms with Crippen molar-refractivity contribution in [3.05, 3.63) is 71.3 Å². The lowest BCUT2D eigenvalue weighted by atomic mass is 9.83. The number of ether oxygens (including phenoxy) is 5. The van der Waals surface area contributed by atoms with E-state index in [1.54, 1.807) is 7.11 Å². The number of carbonyl (C=O) groups excluding carboxylic acids is 1. The van der Waals surface area contributed by atoms with E-state index in [2.05, 4.69) is 6.92 Å². The Labute approximate surface area is 268 Å². The van der Waals surface area contributed by atoms with Crippen LogP contribution in [-0.4, -0.2) is 68.3 Å². The molecule has 3 aromatic rings. The van der Waals surface area contributed by atoms with Crippen molar-refractivity contribution in [3.8, 4) is 28.7 Å². The van der Waals surface area contributed by atoms with Gasteiger partial charge in [0.2, 0.25) is 25.2 Å². The molecule has 1 unspecified atom stereocenters. The van der Waals surface area contributed by atoms with Gasteiger partial charge in [-0.05, 0) is 66.3 Å². The van der Waals surface area contributed by atoms with Gasteiger partial charge < -0.3 is 39.4 Å². The van der Waals surface area contributed by atoms with Crippen molar-refractivity contribution in [2.24, 2.45) is 11.7 Å². The van der Waals surface area contributed by atoms with Crippen LogP contribution in [0.1, 0.15) is 48.8 Å². The first kappa shape index (κ1) is 31.5. The quantitative estimate of drug-likeness (QED) is 0.277. The lowest BCUT2D eigenvalue weighted by Gasteiger charge is -2.30. The maximum Gasteiger partial charge on any atom is 0.308 e. The number of amides is 1. The fraction of sp³-hybridized carbons (Fsp3) is 0.429. The number of carboxylic acid groups (broad SMARTS) is 1. The van der Waals surface area contributed by atoms with Crippen molar-refractivity contribution in [1.29, 1.82) is 0 Å². The van der Waals surface area contributed by atoms with Crippen LogP contribution in [0.5, 0.6) is 28.7 Å². The van der Waals surface area contributed by atoms with Crippen LogP contribution in [0.25, 0.3) is 0 Å². The van der Waals surface area contributed by atoms with Gasteiger partial charge in [-0.25, -0.2) is 0 Å². The number of nitrogens with zero attached hydrogens (tertiary/aromatic N) is 2. The molecule has 0 saturated carbocycles. The summed E-state index contributed by atoms with van der Waals surface area (Å²) in [5.41, 5.74) is 9.37. The zero-order chi connectivity index (χ0) is 32.2. The maximum absolute atomic E-state index is 14.2. The Kier molecular flexibility index (Phi) is 9.51. The van der Waals surface area contributed by atoms with Gasteiger partial charge in [-0.3, -0.25) is 14.5 Å². The molecule has 6 rings (SSSR count). The Morgan fingerprint density at radius 1 is 1.02 bits per heavy atom. The molecule has 0 aromatic heterocycles. The minimum absolute atomic E-state index is 0.0652. The molecular formula is C35H41N3O8. The Bertz CT molecular complexity index is 1580. The number of nitrogens with two attached hydrogens (primary N) is 1. The molecule has 3 aromatic carbocycles. The Balaban J connectivity index is 1.33. The smallest absolute Gasteiger partial charge is 0.308 e. The van der Waals surface area contributed by atoms with Crippen LogP contribution in [0, 0.1) is 5.92 Å². The first-order chi connectivity index (χ1) is 22.4. The highest BCUT2D eigenvalue weighted by Crippen LogP contribution is 2.47. The summed E-state index contributed by atoms with van der Waals surface area (Å²) in [5, 5.41) is 10.7. The van der Waals surface area contributed by atoms with E-state index >= 15 is 0 Å². The van der Waals surface area contributed by atoms with Crippen LogP contribution in [0.15, 0.2) is 54.6 Å². The molecule has 3 heterocycles. The fourth-order valence-corrected chi connectivity index (χ4v) is 6.87. The third kappa shape index (κ3) is 6.29. The van der Waals surface area contributed by atoms with Crippen LogP contribution in [0.4, 0.5) is 5.69 Å². The summed E-state index contributed by atoms with van der Waals surface area (Å²) in [7, 11) is 1.55. The number of para-hydroxylation sites is 1. The molecule has 11 nitrogen and oxygen atoms in total. The number of rotatable bonds is 13. The van der Waals surface area contributed by atoms with Gasteiger partial charge in [0.15, 0.2) is 23.0 Å². The number of carbonyl (C=O) groups is 2. The van der Waals surface area contributed by atoms with Gasteiger partial charge in [0.1, 0.15) is 0 Å². The molecule has 0 spiro atoms. The van der Waals surface area contributed by atoms with Crippen molar-refractivity contribution >= 4 is 17.6 Å². The van der Waals surface area contributed by atoms with Gasteiger partial charge in [0.25, 0.3) is 0 Å². The normalized spacial score (nSPS) is 19.8. The number of benzene rings is 3. The van der Waals surface area contributed by atoms with Crippen LogP contribution in [0.2, 0.25) is 0 Å².